The number of hydrogen-bond acceptors (Lipinski definition) is 4. The third-order valence-corrected chi connectivity index (χ3v) is 7.81. The summed E-state index contributed by atoms with van der Waals surface area (Å²) in [7, 11) is -2.91. The Balaban J connectivity index is 1.56. The molecule has 3 aliphatic rings. The van der Waals surface area contributed by atoms with E-state index in [1.807, 2.05) is 4.90 Å². The highest BCUT2D eigenvalue weighted by Crippen LogP contribution is 2.32. The smallest absolute Gasteiger partial charge is 0.223 e. The fraction of sp³-hybridized carbons (Fsp3) is 0.938. The third-order valence-electron chi connectivity index (χ3n) is 5.58. The predicted octanol–water partition coefficient (Wildman–Crippen LogP) is 1.43. The van der Waals surface area contributed by atoms with Crippen LogP contribution >= 0.6 is 0 Å². The van der Waals surface area contributed by atoms with Gasteiger partial charge in [-0.1, -0.05) is 12.8 Å². The van der Waals surface area contributed by atoms with Gasteiger partial charge in [-0.2, -0.15) is 0 Å². The fourth-order valence-electron chi connectivity index (χ4n) is 4.29. The summed E-state index contributed by atoms with van der Waals surface area (Å²) in [5, 5.41) is -0.180. The summed E-state index contributed by atoms with van der Waals surface area (Å²) >= 11 is 0. The first kappa shape index (κ1) is 16.2. The van der Waals surface area contributed by atoms with Crippen molar-refractivity contribution in [1.29, 1.82) is 0 Å². The van der Waals surface area contributed by atoms with Crippen LogP contribution < -0.4 is 0 Å². The van der Waals surface area contributed by atoms with E-state index in [0.717, 1.165) is 58.2 Å². The summed E-state index contributed by atoms with van der Waals surface area (Å²) in [6, 6.07) is 0.154. The molecular weight excluding hydrogens is 300 g/mol. The van der Waals surface area contributed by atoms with E-state index in [-0.39, 0.29) is 23.0 Å². The minimum Gasteiger partial charge on any atom is -0.343 e. The van der Waals surface area contributed by atoms with E-state index in [9.17, 15) is 13.2 Å². The minimum absolute atomic E-state index is 0.154. The van der Waals surface area contributed by atoms with Crippen LogP contribution in [0.4, 0.5) is 0 Å². The van der Waals surface area contributed by atoms with Gasteiger partial charge in [-0.05, 0) is 32.1 Å². The molecule has 2 atom stereocenters. The Kier molecular flexibility index (Phi) is 5.07. The minimum atomic E-state index is -2.91. The second-order valence-electron chi connectivity index (χ2n) is 6.98. The van der Waals surface area contributed by atoms with E-state index in [1.165, 1.54) is 6.42 Å². The van der Waals surface area contributed by atoms with E-state index in [1.54, 1.807) is 0 Å². The maximum absolute atomic E-state index is 12.3. The van der Waals surface area contributed by atoms with Crippen LogP contribution in [0.3, 0.4) is 0 Å². The molecule has 1 amide bonds. The van der Waals surface area contributed by atoms with Crippen molar-refractivity contribution >= 4 is 15.7 Å². The average molecular weight is 328 g/mol. The van der Waals surface area contributed by atoms with E-state index in [2.05, 4.69) is 4.90 Å². The van der Waals surface area contributed by atoms with Gasteiger partial charge in [-0.15, -0.1) is 0 Å². The number of fused-ring (bicyclic) bond motifs is 1. The van der Waals surface area contributed by atoms with Crippen LogP contribution in [0.5, 0.6) is 0 Å². The highest BCUT2D eigenvalue weighted by atomic mass is 32.2. The van der Waals surface area contributed by atoms with Crippen molar-refractivity contribution in [3.05, 3.63) is 0 Å². The number of likely N-dealkylation sites (tertiary alicyclic amines) is 1. The van der Waals surface area contributed by atoms with E-state index < -0.39 is 9.84 Å². The van der Waals surface area contributed by atoms with Crippen molar-refractivity contribution in [3.8, 4) is 0 Å². The van der Waals surface area contributed by atoms with Crippen LogP contribution in [0.1, 0.15) is 51.4 Å². The van der Waals surface area contributed by atoms with E-state index >= 15 is 0 Å². The van der Waals surface area contributed by atoms with Gasteiger partial charge in [0, 0.05) is 38.6 Å². The maximum atomic E-state index is 12.3. The Labute approximate surface area is 134 Å². The summed E-state index contributed by atoms with van der Waals surface area (Å²) in [5.74, 6) is 0.520. The zero-order valence-electron chi connectivity index (χ0n) is 13.4. The monoisotopic (exact) mass is 328 g/mol. The second kappa shape index (κ2) is 6.87. The van der Waals surface area contributed by atoms with Crippen molar-refractivity contribution in [2.45, 2.75) is 62.7 Å². The largest absolute Gasteiger partial charge is 0.343 e. The van der Waals surface area contributed by atoms with Crippen LogP contribution in [0.15, 0.2) is 0 Å². The first-order valence-electron chi connectivity index (χ1n) is 8.81. The first-order chi connectivity index (χ1) is 10.6. The Morgan fingerprint density at radius 3 is 2.45 bits per heavy atom. The highest BCUT2D eigenvalue weighted by molar-refractivity contribution is 7.92. The lowest BCUT2D eigenvalue weighted by atomic mass is 9.93. The average Bonchev–Trinajstić information content (AvgIpc) is 2.55. The fourth-order valence-corrected chi connectivity index (χ4v) is 6.40. The Morgan fingerprint density at radius 1 is 0.955 bits per heavy atom. The second-order valence-corrected chi connectivity index (χ2v) is 9.32. The van der Waals surface area contributed by atoms with Crippen molar-refractivity contribution in [2.24, 2.45) is 0 Å². The summed E-state index contributed by atoms with van der Waals surface area (Å²) < 4.78 is 24.5. The van der Waals surface area contributed by atoms with Gasteiger partial charge in [0.1, 0.15) is 0 Å². The molecule has 0 spiro atoms. The van der Waals surface area contributed by atoms with Gasteiger partial charge >= 0.3 is 0 Å². The molecule has 5 nitrogen and oxygen atoms in total. The number of hydrogen-bond donors (Lipinski definition) is 0. The zero-order valence-corrected chi connectivity index (χ0v) is 14.2. The SMILES string of the molecule is O=C(CCN1CCS(=O)(=O)[C@@H]2CCCC[C@H]21)N1CCCCC1. The molecule has 0 unspecified atom stereocenters. The summed E-state index contributed by atoms with van der Waals surface area (Å²) in [4.78, 5) is 16.6. The summed E-state index contributed by atoms with van der Waals surface area (Å²) in [6.45, 7) is 3.14. The van der Waals surface area contributed by atoms with Gasteiger partial charge < -0.3 is 4.90 Å². The number of carbonyl (C=O) groups excluding carboxylic acids is 1. The van der Waals surface area contributed by atoms with Gasteiger partial charge in [0.2, 0.25) is 5.91 Å². The normalized spacial score (nSPS) is 32.5. The molecule has 6 heteroatoms. The molecule has 2 saturated heterocycles. The van der Waals surface area contributed by atoms with Gasteiger partial charge in [-0.3, -0.25) is 9.69 Å². The summed E-state index contributed by atoms with van der Waals surface area (Å²) in [6.07, 6.45) is 7.96. The van der Waals surface area contributed by atoms with Crippen LogP contribution in [0.2, 0.25) is 0 Å². The molecule has 1 aliphatic carbocycles. The predicted molar refractivity (Wildman–Crippen MR) is 86.5 cm³/mol. The lowest BCUT2D eigenvalue weighted by molar-refractivity contribution is -0.132. The van der Waals surface area contributed by atoms with Gasteiger partial charge in [-0.25, -0.2) is 8.42 Å². The number of piperidine rings is 1. The molecule has 0 radical (unpaired) electrons. The molecule has 2 heterocycles. The molecule has 0 aromatic rings. The maximum Gasteiger partial charge on any atom is 0.223 e. The number of amides is 1. The molecule has 0 N–H and O–H groups in total. The topological polar surface area (TPSA) is 57.7 Å². The molecule has 126 valence electrons. The van der Waals surface area contributed by atoms with Crippen molar-refractivity contribution in [1.82, 2.24) is 9.80 Å². The van der Waals surface area contributed by atoms with E-state index in [4.69, 9.17) is 0 Å². The van der Waals surface area contributed by atoms with Crippen molar-refractivity contribution < 1.29 is 13.2 Å². The Morgan fingerprint density at radius 2 is 1.68 bits per heavy atom. The Bertz CT molecular complexity index is 500. The van der Waals surface area contributed by atoms with Crippen LogP contribution in [-0.2, 0) is 14.6 Å². The molecule has 0 aromatic heterocycles. The van der Waals surface area contributed by atoms with Crippen LogP contribution in [0.25, 0.3) is 0 Å². The van der Waals surface area contributed by atoms with Gasteiger partial charge in [0.05, 0.1) is 11.0 Å². The number of carbonyl (C=O) groups is 1. The molecule has 2 aliphatic heterocycles. The van der Waals surface area contributed by atoms with Crippen LogP contribution in [0, 0.1) is 0 Å². The van der Waals surface area contributed by atoms with Crippen molar-refractivity contribution in [2.75, 3.05) is 31.9 Å². The van der Waals surface area contributed by atoms with E-state index in [0.29, 0.717) is 13.0 Å². The highest BCUT2D eigenvalue weighted by Gasteiger charge is 2.42. The third kappa shape index (κ3) is 3.48. The number of sulfone groups is 1. The lowest BCUT2D eigenvalue weighted by Crippen LogP contribution is -2.56. The molecule has 0 bridgehead atoms. The lowest BCUT2D eigenvalue weighted by Gasteiger charge is -2.43. The molecular formula is C16H28N2O3S. The molecule has 22 heavy (non-hydrogen) atoms. The molecule has 3 rings (SSSR count). The molecule has 0 aromatic carbocycles. The number of rotatable bonds is 3. The van der Waals surface area contributed by atoms with Crippen LogP contribution in [-0.4, -0.2) is 67.3 Å². The summed E-state index contributed by atoms with van der Waals surface area (Å²) in [5.41, 5.74) is 0. The molecule has 3 fully saturated rings. The van der Waals surface area contributed by atoms with Gasteiger partial charge in [0.15, 0.2) is 9.84 Å². The molecule has 1 saturated carbocycles. The van der Waals surface area contributed by atoms with Gasteiger partial charge in [0.25, 0.3) is 0 Å². The van der Waals surface area contributed by atoms with Crippen molar-refractivity contribution in [3.63, 3.8) is 0 Å². The zero-order chi connectivity index (χ0) is 15.6. The quantitative estimate of drug-likeness (QED) is 0.786. The standard InChI is InChI=1S/C16H28N2O3S/c19-16(18-9-4-1-5-10-18)8-11-17-12-13-22(20,21)15-7-3-2-6-14(15)17/h14-15H,1-13H2/t14-,15-/m1/s1. The Hall–Kier alpha value is -0.620. The number of nitrogens with zero attached hydrogens (tertiary/aromatic N) is 2. The first-order valence-corrected chi connectivity index (χ1v) is 10.5.